The van der Waals surface area contributed by atoms with Crippen LogP contribution in [0, 0.1) is 0 Å². The minimum atomic E-state index is 0.551. The van der Waals surface area contributed by atoms with Crippen LogP contribution in [-0.2, 0) is 6.42 Å². The maximum atomic E-state index is 4.27. The highest BCUT2D eigenvalue weighted by Crippen LogP contribution is 2.12. The molecule has 1 saturated heterocycles. The highest BCUT2D eigenvalue weighted by atomic mass is 15.0. The molecular formula is C12H20N4. The molecule has 1 unspecified atom stereocenters. The number of nitrogens with zero attached hydrogens (tertiary/aromatic N) is 2. The average Bonchev–Trinajstić information content (AvgIpc) is 2.58. The van der Waals surface area contributed by atoms with E-state index in [0.29, 0.717) is 6.04 Å². The van der Waals surface area contributed by atoms with Crippen LogP contribution in [0.5, 0.6) is 0 Å². The molecule has 0 bridgehead atoms. The Hall–Kier alpha value is -1.16. The molecule has 0 spiro atoms. The predicted octanol–water partition coefficient (Wildman–Crippen LogP) is 1.59. The van der Waals surface area contributed by atoms with Crippen LogP contribution >= 0.6 is 0 Å². The van der Waals surface area contributed by atoms with Gasteiger partial charge in [-0.15, -0.1) is 0 Å². The fraction of sp³-hybridized carbons (Fsp3) is 0.667. The van der Waals surface area contributed by atoms with E-state index in [-0.39, 0.29) is 0 Å². The summed E-state index contributed by atoms with van der Waals surface area (Å²) < 4.78 is 0. The molecule has 1 fully saturated rings. The van der Waals surface area contributed by atoms with Crippen LogP contribution < -0.4 is 10.6 Å². The molecule has 0 aromatic carbocycles. The summed E-state index contributed by atoms with van der Waals surface area (Å²) in [6, 6.07) is 2.60. The van der Waals surface area contributed by atoms with Gasteiger partial charge in [0.05, 0.1) is 0 Å². The van der Waals surface area contributed by atoms with E-state index in [0.717, 1.165) is 31.0 Å². The van der Waals surface area contributed by atoms with Gasteiger partial charge in [0.1, 0.15) is 12.1 Å². The summed E-state index contributed by atoms with van der Waals surface area (Å²) in [4.78, 5) is 8.48. The van der Waals surface area contributed by atoms with Crippen molar-refractivity contribution in [2.75, 3.05) is 18.4 Å². The molecule has 0 radical (unpaired) electrons. The number of hydrogen-bond acceptors (Lipinski definition) is 4. The molecular weight excluding hydrogens is 200 g/mol. The van der Waals surface area contributed by atoms with Gasteiger partial charge in [-0.3, -0.25) is 0 Å². The van der Waals surface area contributed by atoms with E-state index in [1.54, 1.807) is 6.33 Å². The molecule has 4 heteroatoms. The largest absolute Gasteiger partial charge is 0.367 e. The number of anilines is 1. The van der Waals surface area contributed by atoms with Gasteiger partial charge in [-0.05, 0) is 38.8 Å². The van der Waals surface area contributed by atoms with E-state index >= 15 is 0 Å². The molecule has 0 aliphatic carbocycles. The standard InChI is InChI=1S/C12H20N4/c1-2-10-8-12(15-9-14-10)16-11-4-3-6-13-7-5-11/h8-9,11,13H,2-7H2,1H3,(H,14,15,16). The van der Waals surface area contributed by atoms with Crippen LogP contribution in [0.25, 0.3) is 0 Å². The van der Waals surface area contributed by atoms with Gasteiger partial charge in [-0.2, -0.15) is 0 Å². The van der Waals surface area contributed by atoms with Gasteiger partial charge in [0.15, 0.2) is 0 Å². The summed E-state index contributed by atoms with van der Waals surface area (Å²) in [5, 5.41) is 6.92. The fourth-order valence-corrected chi connectivity index (χ4v) is 2.04. The molecule has 4 nitrogen and oxygen atoms in total. The molecule has 2 rings (SSSR count). The number of aromatic nitrogens is 2. The molecule has 2 N–H and O–H groups in total. The van der Waals surface area contributed by atoms with E-state index in [9.17, 15) is 0 Å². The zero-order chi connectivity index (χ0) is 11.2. The monoisotopic (exact) mass is 220 g/mol. The maximum absolute atomic E-state index is 4.27. The highest BCUT2D eigenvalue weighted by molar-refractivity contribution is 5.36. The van der Waals surface area contributed by atoms with Gasteiger partial charge >= 0.3 is 0 Å². The zero-order valence-electron chi connectivity index (χ0n) is 9.87. The Morgan fingerprint density at radius 2 is 2.31 bits per heavy atom. The third-order valence-electron chi connectivity index (χ3n) is 3.01. The molecule has 1 aliphatic rings. The van der Waals surface area contributed by atoms with Crippen molar-refractivity contribution in [2.45, 2.75) is 38.6 Å². The summed E-state index contributed by atoms with van der Waals surface area (Å²) in [7, 11) is 0. The first-order chi connectivity index (χ1) is 7.88. The van der Waals surface area contributed by atoms with Crippen molar-refractivity contribution in [1.82, 2.24) is 15.3 Å². The normalized spacial score (nSPS) is 21.4. The molecule has 88 valence electrons. The summed E-state index contributed by atoms with van der Waals surface area (Å²) in [5.74, 6) is 0.971. The highest BCUT2D eigenvalue weighted by Gasteiger charge is 2.11. The third-order valence-corrected chi connectivity index (χ3v) is 3.01. The van der Waals surface area contributed by atoms with Crippen molar-refractivity contribution < 1.29 is 0 Å². The fourth-order valence-electron chi connectivity index (χ4n) is 2.04. The van der Waals surface area contributed by atoms with Crippen LogP contribution in [0.1, 0.15) is 31.9 Å². The van der Waals surface area contributed by atoms with Gasteiger partial charge < -0.3 is 10.6 Å². The first-order valence-electron chi connectivity index (χ1n) is 6.16. The first-order valence-corrected chi connectivity index (χ1v) is 6.16. The maximum Gasteiger partial charge on any atom is 0.129 e. The number of hydrogen-bond donors (Lipinski definition) is 2. The Kier molecular flexibility index (Phi) is 4.10. The van der Waals surface area contributed by atoms with Crippen LogP contribution in [0.3, 0.4) is 0 Å². The first kappa shape index (κ1) is 11.3. The van der Waals surface area contributed by atoms with E-state index in [2.05, 4.69) is 33.6 Å². The molecule has 1 aromatic heterocycles. The Bertz CT molecular complexity index is 319. The van der Waals surface area contributed by atoms with Crippen LogP contribution in [0.2, 0.25) is 0 Å². The SMILES string of the molecule is CCc1cc(NC2CCCNCC2)ncn1. The average molecular weight is 220 g/mol. The third kappa shape index (κ3) is 3.17. The quantitative estimate of drug-likeness (QED) is 0.812. The minimum Gasteiger partial charge on any atom is -0.367 e. The molecule has 16 heavy (non-hydrogen) atoms. The van der Waals surface area contributed by atoms with Gasteiger partial charge in [-0.1, -0.05) is 6.92 Å². The molecule has 1 aromatic rings. The van der Waals surface area contributed by atoms with Crippen LogP contribution in [-0.4, -0.2) is 29.1 Å². The van der Waals surface area contributed by atoms with Crippen LogP contribution in [0.15, 0.2) is 12.4 Å². The topological polar surface area (TPSA) is 49.8 Å². The molecule has 0 amide bonds. The van der Waals surface area contributed by atoms with Gasteiger partial charge in [0.2, 0.25) is 0 Å². The minimum absolute atomic E-state index is 0.551. The van der Waals surface area contributed by atoms with Crippen molar-refractivity contribution in [2.24, 2.45) is 0 Å². The summed E-state index contributed by atoms with van der Waals surface area (Å²) >= 11 is 0. The molecule has 0 saturated carbocycles. The lowest BCUT2D eigenvalue weighted by molar-refractivity contribution is 0.634. The Labute approximate surface area is 96.9 Å². The number of aryl methyl sites for hydroxylation is 1. The van der Waals surface area contributed by atoms with Gasteiger partial charge in [-0.25, -0.2) is 9.97 Å². The van der Waals surface area contributed by atoms with Crippen molar-refractivity contribution >= 4 is 5.82 Å². The lowest BCUT2D eigenvalue weighted by Gasteiger charge is -2.16. The van der Waals surface area contributed by atoms with Crippen molar-refractivity contribution in [3.05, 3.63) is 18.1 Å². The number of nitrogens with one attached hydrogen (secondary N) is 2. The predicted molar refractivity (Wildman–Crippen MR) is 65.5 cm³/mol. The number of rotatable bonds is 3. The summed E-state index contributed by atoms with van der Waals surface area (Å²) in [6.45, 7) is 4.35. The van der Waals surface area contributed by atoms with Gasteiger partial charge in [0, 0.05) is 17.8 Å². The van der Waals surface area contributed by atoms with E-state index in [1.165, 1.54) is 19.3 Å². The van der Waals surface area contributed by atoms with E-state index < -0.39 is 0 Å². The van der Waals surface area contributed by atoms with Gasteiger partial charge in [0.25, 0.3) is 0 Å². The van der Waals surface area contributed by atoms with E-state index in [1.807, 2.05) is 0 Å². The van der Waals surface area contributed by atoms with Crippen molar-refractivity contribution in [3.63, 3.8) is 0 Å². The Morgan fingerprint density at radius 1 is 1.38 bits per heavy atom. The summed E-state index contributed by atoms with van der Waals surface area (Å²) in [6.07, 6.45) is 6.24. The second-order valence-corrected chi connectivity index (χ2v) is 4.27. The molecule has 1 aliphatic heterocycles. The zero-order valence-corrected chi connectivity index (χ0v) is 9.87. The lowest BCUT2D eigenvalue weighted by atomic mass is 10.1. The lowest BCUT2D eigenvalue weighted by Crippen LogP contribution is -2.22. The molecule has 1 atom stereocenters. The van der Waals surface area contributed by atoms with Crippen LogP contribution in [0.4, 0.5) is 5.82 Å². The Balaban J connectivity index is 1.96. The summed E-state index contributed by atoms with van der Waals surface area (Å²) in [5.41, 5.74) is 1.10. The second kappa shape index (κ2) is 5.80. The smallest absolute Gasteiger partial charge is 0.129 e. The second-order valence-electron chi connectivity index (χ2n) is 4.27. The van der Waals surface area contributed by atoms with E-state index in [4.69, 9.17) is 0 Å². The molecule has 2 heterocycles. The van der Waals surface area contributed by atoms with Crippen molar-refractivity contribution in [3.8, 4) is 0 Å². The van der Waals surface area contributed by atoms with Crippen molar-refractivity contribution in [1.29, 1.82) is 0 Å². The Morgan fingerprint density at radius 3 is 3.19 bits per heavy atom.